The van der Waals surface area contributed by atoms with Crippen LogP contribution in [0.2, 0.25) is 0 Å². The van der Waals surface area contributed by atoms with Gasteiger partial charge in [0.25, 0.3) is 0 Å². The Balaban J connectivity index is 1.61. The van der Waals surface area contributed by atoms with Crippen molar-refractivity contribution in [1.29, 1.82) is 0 Å². The maximum absolute atomic E-state index is 13.0. The highest BCUT2D eigenvalue weighted by Crippen LogP contribution is 2.27. The zero-order chi connectivity index (χ0) is 21.7. The minimum absolute atomic E-state index is 0.158. The van der Waals surface area contributed by atoms with Crippen LogP contribution in [0.15, 0.2) is 24.3 Å². The summed E-state index contributed by atoms with van der Waals surface area (Å²) in [6.07, 6.45) is 1.49. The Morgan fingerprint density at radius 3 is 2.67 bits per heavy atom. The van der Waals surface area contributed by atoms with Crippen molar-refractivity contribution in [2.45, 2.75) is 59.2 Å². The van der Waals surface area contributed by atoms with E-state index in [1.807, 2.05) is 56.5 Å². The third-order valence-electron chi connectivity index (χ3n) is 5.06. The number of nitrogens with one attached hydrogen (secondary N) is 2. The van der Waals surface area contributed by atoms with Gasteiger partial charge < -0.3 is 19.9 Å². The van der Waals surface area contributed by atoms with Gasteiger partial charge in [-0.2, -0.15) is 0 Å². The van der Waals surface area contributed by atoms with Crippen molar-refractivity contribution in [3.63, 3.8) is 0 Å². The van der Waals surface area contributed by atoms with Crippen LogP contribution in [-0.4, -0.2) is 53.3 Å². The SMILES string of the molecule is CC(C)C[C@H](NC(=O)N1CCn2c1nc1ccccc12)C(=O)NCCCOC(C)C. The van der Waals surface area contributed by atoms with Gasteiger partial charge in [0.1, 0.15) is 6.04 Å². The van der Waals surface area contributed by atoms with Crippen LogP contribution in [0.4, 0.5) is 10.7 Å². The second kappa shape index (κ2) is 9.93. The van der Waals surface area contributed by atoms with Crippen LogP contribution in [0.25, 0.3) is 11.0 Å². The van der Waals surface area contributed by atoms with Gasteiger partial charge in [-0.25, -0.2) is 9.78 Å². The van der Waals surface area contributed by atoms with Gasteiger partial charge in [0.2, 0.25) is 11.9 Å². The molecule has 2 aromatic rings. The van der Waals surface area contributed by atoms with E-state index in [9.17, 15) is 9.59 Å². The summed E-state index contributed by atoms with van der Waals surface area (Å²) in [6, 6.07) is 6.98. The number of para-hydroxylation sites is 2. The lowest BCUT2D eigenvalue weighted by atomic mass is 10.0. The maximum Gasteiger partial charge on any atom is 0.324 e. The van der Waals surface area contributed by atoms with E-state index in [4.69, 9.17) is 4.74 Å². The number of nitrogens with zero attached hydrogens (tertiary/aromatic N) is 3. The Morgan fingerprint density at radius 2 is 1.93 bits per heavy atom. The second-order valence-corrected chi connectivity index (χ2v) is 8.40. The summed E-state index contributed by atoms with van der Waals surface area (Å²) >= 11 is 0. The number of ether oxygens (including phenoxy) is 1. The molecule has 1 aliphatic heterocycles. The van der Waals surface area contributed by atoms with Gasteiger partial charge in [-0.1, -0.05) is 26.0 Å². The number of imidazole rings is 1. The van der Waals surface area contributed by atoms with Crippen LogP contribution >= 0.6 is 0 Å². The van der Waals surface area contributed by atoms with Crippen molar-refractivity contribution in [2.24, 2.45) is 5.92 Å². The van der Waals surface area contributed by atoms with Crippen LogP contribution in [0, 0.1) is 5.92 Å². The molecule has 3 amide bonds. The molecule has 1 aromatic heterocycles. The Bertz CT molecular complexity index is 877. The summed E-state index contributed by atoms with van der Waals surface area (Å²) in [5, 5.41) is 5.85. The molecular formula is C22H33N5O3. The van der Waals surface area contributed by atoms with E-state index in [1.165, 1.54) is 0 Å². The quantitative estimate of drug-likeness (QED) is 0.617. The van der Waals surface area contributed by atoms with Crippen molar-refractivity contribution >= 4 is 28.9 Å². The van der Waals surface area contributed by atoms with E-state index in [2.05, 4.69) is 15.6 Å². The number of carbonyl (C=O) groups excluding carboxylic acids is 2. The molecule has 0 aliphatic carbocycles. The topological polar surface area (TPSA) is 88.5 Å². The third-order valence-corrected chi connectivity index (χ3v) is 5.06. The molecule has 0 bridgehead atoms. The number of fused-ring (bicyclic) bond motifs is 3. The first-order valence-electron chi connectivity index (χ1n) is 10.8. The standard InChI is InChI=1S/C22H33N5O3/c1-15(2)14-18(20(28)23-10-7-13-30-16(3)4)25-22(29)27-12-11-26-19-9-6-5-8-17(19)24-21(26)27/h5-6,8-9,15-16,18H,7,10-14H2,1-4H3,(H,23,28)(H,25,29)/t18-/m0/s1. The molecule has 2 N–H and O–H groups in total. The highest BCUT2D eigenvalue weighted by molar-refractivity contribution is 5.96. The van der Waals surface area contributed by atoms with Gasteiger partial charge in [0, 0.05) is 26.2 Å². The number of hydrogen-bond donors (Lipinski definition) is 2. The summed E-state index contributed by atoms with van der Waals surface area (Å²) in [5.74, 6) is 0.742. The van der Waals surface area contributed by atoms with E-state index in [1.54, 1.807) is 4.90 Å². The highest BCUT2D eigenvalue weighted by atomic mass is 16.5. The molecule has 2 heterocycles. The largest absolute Gasteiger partial charge is 0.379 e. The number of urea groups is 1. The first-order valence-corrected chi connectivity index (χ1v) is 10.8. The fourth-order valence-electron chi connectivity index (χ4n) is 3.64. The predicted molar refractivity (Wildman–Crippen MR) is 118 cm³/mol. The average Bonchev–Trinajstić information content (AvgIpc) is 3.25. The van der Waals surface area contributed by atoms with E-state index in [-0.39, 0.29) is 24.0 Å². The van der Waals surface area contributed by atoms with E-state index < -0.39 is 6.04 Å². The Labute approximate surface area is 178 Å². The number of rotatable bonds is 9. The lowest BCUT2D eigenvalue weighted by Gasteiger charge is -2.23. The first kappa shape index (κ1) is 22.1. The normalized spacial score (nSPS) is 14.4. The summed E-state index contributed by atoms with van der Waals surface area (Å²) in [4.78, 5) is 31.9. The number of anilines is 1. The zero-order valence-corrected chi connectivity index (χ0v) is 18.4. The molecule has 1 aliphatic rings. The Morgan fingerprint density at radius 1 is 1.17 bits per heavy atom. The lowest BCUT2D eigenvalue weighted by molar-refractivity contribution is -0.123. The van der Waals surface area contributed by atoms with Gasteiger partial charge in [0.15, 0.2) is 0 Å². The lowest BCUT2D eigenvalue weighted by Crippen LogP contribution is -2.51. The highest BCUT2D eigenvalue weighted by Gasteiger charge is 2.31. The predicted octanol–water partition coefficient (Wildman–Crippen LogP) is 2.91. The Kier molecular flexibility index (Phi) is 7.31. The molecular weight excluding hydrogens is 382 g/mol. The fraction of sp³-hybridized carbons (Fsp3) is 0.591. The monoisotopic (exact) mass is 415 g/mol. The van der Waals surface area contributed by atoms with Crippen molar-refractivity contribution in [3.8, 4) is 0 Å². The minimum Gasteiger partial charge on any atom is -0.379 e. The summed E-state index contributed by atoms with van der Waals surface area (Å²) < 4.78 is 7.54. The Hall–Kier alpha value is -2.61. The van der Waals surface area contributed by atoms with Crippen LogP contribution in [0.5, 0.6) is 0 Å². The molecule has 1 atom stereocenters. The molecule has 8 heteroatoms. The van der Waals surface area contributed by atoms with Crippen molar-refractivity contribution < 1.29 is 14.3 Å². The van der Waals surface area contributed by atoms with Gasteiger partial charge in [-0.15, -0.1) is 0 Å². The molecule has 0 fully saturated rings. The van der Waals surface area contributed by atoms with Gasteiger partial charge in [-0.3, -0.25) is 9.69 Å². The minimum atomic E-state index is -0.582. The molecule has 8 nitrogen and oxygen atoms in total. The van der Waals surface area contributed by atoms with Crippen molar-refractivity contribution in [3.05, 3.63) is 24.3 Å². The second-order valence-electron chi connectivity index (χ2n) is 8.40. The fourth-order valence-corrected chi connectivity index (χ4v) is 3.64. The molecule has 30 heavy (non-hydrogen) atoms. The summed E-state index contributed by atoms with van der Waals surface area (Å²) in [5.41, 5.74) is 1.88. The van der Waals surface area contributed by atoms with Gasteiger partial charge >= 0.3 is 6.03 Å². The van der Waals surface area contributed by atoms with E-state index >= 15 is 0 Å². The van der Waals surface area contributed by atoms with Gasteiger partial charge in [-0.05, 0) is 44.7 Å². The maximum atomic E-state index is 13.0. The molecule has 0 spiro atoms. The van der Waals surface area contributed by atoms with Crippen LogP contribution in [-0.2, 0) is 16.1 Å². The summed E-state index contributed by atoms with van der Waals surface area (Å²) in [6.45, 7) is 10.4. The molecule has 0 saturated heterocycles. The van der Waals surface area contributed by atoms with Crippen LogP contribution in [0.1, 0.15) is 40.5 Å². The number of benzene rings is 1. The van der Waals surface area contributed by atoms with Crippen LogP contribution in [0.3, 0.4) is 0 Å². The van der Waals surface area contributed by atoms with E-state index in [0.717, 1.165) is 17.5 Å². The smallest absolute Gasteiger partial charge is 0.324 e. The summed E-state index contributed by atoms with van der Waals surface area (Å²) in [7, 11) is 0. The molecule has 1 aromatic carbocycles. The van der Waals surface area contributed by atoms with Crippen molar-refractivity contribution in [1.82, 2.24) is 20.2 Å². The molecule has 3 rings (SSSR count). The molecule has 164 valence electrons. The van der Waals surface area contributed by atoms with E-state index in [0.29, 0.717) is 38.6 Å². The van der Waals surface area contributed by atoms with Crippen molar-refractivity contribution in [2.75, 3.05) is 24.6 Å². The first-order chi connectivity index (χ1) is 14.4. The molecule has 0 radical (unpaired) electrons. The number of carbonyl (C=O) groups is 2. The number of aromatic nitrogens is 2. The molecule has 0 unspecified atom stereocenters. The van der Waals surface area contributed by atoms with Crippen LogP contribution < -0.4 is 15.5 Å². The van der Waals surface area contributed by atoms with Gasteiger partial charge in [0.05, 0.1) is 17.1 Å². The average molecular weight is 416 g/mol. The third kappa shape index (κ3) is 5.30. The zero-order valence-electron chi connectivity index (χ0n) is 18.4. The number of amides is 3. The molecule has 0 saturated carbocycles. The number of hydrogen-bond acceptors (Lipinski definition) is 4.